The van der Waals surface area contributed by atoms with Crippen molar-refractivity contribution in [1.29, 1.82) is 0 Å². The number of nitrogens with zero attached hydrogens (tertiary/aromatic N) is 4. The summed E-state index contributed by atoms with van der Waals surface area (Å²) in [6, 6.07) is 16.1. The predicted octanol–water partition coefficient (Wildman–Crippen LogP) is 3.06. The van der Waals surface area contributed by atoms with Gasteiger partial charge in [-0.25, -0.2) is 0 Å². The van der Waals surface area contributed by atoms with E-state index in [0.717, 1.165) is 27.8 Å². The third-order valence-electron chi connectivity index (χ3n) is 4.67. The number of thioether (sulfide) groups is 1. The summed E-state index contributed by atoms with van der Waals surface area (Å²) in [5.41, 5.74) is 8.50. The first kappa shape index (κ1) is 20.5. The number of aryl methyl sites for hydroxylation is 2. The van der Waals surface area contributed by atoms with Gasteiger partial charge in [-0.3, -0.25) is 4.79 Å². The molecule has 2 aromatic carbocycles. The van der Waals surface area contributed by atoms with Crippen LogP contribution in [0.15, 0.2) is 52.9 Å². The molecule has 0 spiro atoms. The van der Waals surface area contributed by atoms with Gasteiger partial charge < -0.3 is 11.1 Å². The zero-order valence-corrected chi connectivity index (χ0v) is 18.5. The molecule has 0 unspecified atom stereocenters. The number of carbonyl (C=O) groups is 1. The highest BCUT2D eigenvalue weighted by atomic mass is 32.2. The lowest BCUT2D eigenvalue weighted by atomic mass is 10.1. The SMILES string of the molecule is Cc1ccc(NC(=O)CSc2nn3c([C@@H]([NH3+])Cc4ccccc4)nnc3s2)c(C)c1. The van der Waals surface area contributed by atoms with Gasteiger partial charge in [0.1, 0.15) is 0 Å². The molecular weight excluding hydrogens is 416 g/mol. The van der Waals surface area contributed by atoms with Crippen molar-refractivity contribution in [1.82, 2.24) is 19.8 Å². The van der Waals surface area contributed by atoms with E-state index in [1.807, 2.05) is 44.2 Å². The van der Waals surface area contributed by atoms with Crippen molar-refractivity contribution in [3.63, 3.8) is 0 Å². The van der Waals surface area contributed by atoms with Gasteiger partial charge in [0.05, 0.1) is 5.75 Å². The Hall–Kier alpha value is -2.75. The zero-order valence-electron chi connectivity index (χ0n) is 16.8. The number of benzene rings is 2. The molecule has 0 saturated carbocycles. The summed E-state index contributed by atoms with van der Waals surface area (Å²) < 4.78 is 2.53. The van der Waals surface area contributed by atoms with Crippen molar-refractivity contribution in [2.45, 2.75) is 30.6 Å². The monoisotopic (exact) mass is 439 g/mol. The van der Waals surface area contributed by atoms with Gasteiger partial charge in [0.15, 0.2) is 10.4 Å². The molecule has 0 aliphatic heterocycles. The molecule has 4 rings (SSSR count). The van der Waals surface area contributed by atoms with E-state index < -0.39 is 0 Å². The zero-order chi connectivity index (χ0) is 21.1. The average molecular weight is 440 g/mol. The Morgan fingerprint density at radius 2 is 2.00 bits per heavy atom. The van der Waals surface area contributed by atoms with Gasteiger partial charge in [-0.2, -0.15) is 4.52 Å². The number of nitrogens with one attached hydrogen (secondary N) is 1. The second-order valence-electron chi connectivity index (χ2n) is 7.16. The molecule has 30 heavy (non-hydrogen) atoms. The van der Waals surface area contributed by atoms with Gasteiger partial charge in [0.25, 0.3) is 0 Å². The van der Waals surface area contributed by atoms with Gasteiger partial charge in [0.2, 0.25) is 16.7 Å². The summed E-state index contributed by atoms with van der Waals surface area (Å²) in [7, 11) is 0. The molecule has 0 radical (unpaired) electrons. The number of fused-ring (bicyclic) bond motifs is 1. The van der Waals surface area contributed by atoms with Crippen LogP contribution in [-0.4, -0.2) is 31.5 Å². The molecular formula is C21H23N6OS2+. The Morgan fingerprint density at radius 3 is 2.77 bits per heavy atom. The van der Waals surface area contributed by atoms with E-state index in [4.69, 9.17) is 0 Å². The predicted molar refractivity (Wildman–Crippen MR) is 120 cm³/mol. The minimum Gasteiger partial charge on any atom is -0.348 e. The number of hydrogen-bond donors (Lipinski definition) is 2. The van der Waals surface area contributed by atoms with Crippen molar-refractivity contribution in [3.8, 4) is 0 Å². The molecule has 2 heterocycles. The topological polar surface area (TPSA) is 99.8 Å². The van der Waals surface area contributed by atoms with Crippen molar-refractivity contribution < 1.29 is 10.5 Å². The minimum absolute atomic E-state index is 0.0581. The highest BCUT2D eigenvalue weighted by Gasteiger charge is 2.21. The molecule has 4 N–H and O–H groups in total. The van der Waals surface area contributed by atoms with E-state index in [1.54, 1.807) is 4.52 Å². The average Bonchev–Trinajstić information content (AvgIpc) is 3.29. The molecule has 0 aliphatic rings. The molecule has 0 fully saturated rings. The molecule has 0 aliphatic carbocycles. The number of quaternary nitrogens is 1. The minimum atomic E-state index is -0.0600. The molecule has 0 saturated heterocycles. The number of aromatic nitrogens is 4. The summed E-state index contributed by atoms with van der Waals surface area (Å²) in [6.45, 7) is 4.03. The summed E-state index contributed by atoms with van der Waals surface area (Å²) >= 11 is 2.83. The van der Waals surface area contributed by atoms with Crippen LogP contribution in [-0.2, 0) is 11.2 Å². The van der Waals surface area contributed by atoms with Crippen LogP contribution in [0.1, 0.15) is 28.6 Å². The molecule has 2 aromatic heterocycles. The first-order valence-corrected chi connectivity index (χ1v) is 11.4. The van der Waals surface area contributed by atoms with Crippen molar-refractivity contribution in [2.75, 3.05) is 11.1 Å². The van der Waals surface area contributed by atoms with Gasteiger partial charge >= 0.3 is 0 Å². The first-order valence-electron chi connectivity index (χ1n) is 9.58. The van der Waals surface area contributed by atoms with E-state index in [9.17, 15) is 4.79 Å². The second kappa shape index (κ2) is 8.95. The maximum absolute atomic E-state index is 12.4. The molecule has 0 bridgehead atoms. The fourth-order valence-electron chi connectivity index (χ4n) is 3.18. The van der Waals surface area contributed by atoms with Crippen molar-refractivity contribution >= 4 is 39.7 Å². The maximum atomic E-state index is 12.4. The van der Waals surface area contributed by atoms with Crippen LogP contribution in [0.25, 0.3) is 4.96 Å². The van der Waals surface area contributed by atoms with E-state index in [1.165, 1.54) is 34.2 Å². The standard InChI is InChI=1S/C21H22N6OS2/c1-13-8-9-17(14(2)10-13)23-18(28)12-29-21-26-27-19(24-25-20(27)30-21)16(22)11-15-6-4-3-5-7-15/h3-10,16H,11-12,22H2,1-2H3,(H,23,28)/p+1/t16-/m0/s1. The van der Waals surface area contributed by atoms with Crippen LogP contribution >= 0.6 is 23.1 Å². The first-order chi connectivity index (χ1) is 14.5. The van der Waals surface area contributed by atoms with Crippen molar-refractivity contribution in [2.24, 2.45) is 0 Å². The highest BCUT2D eigenvalue weighted by molar-refractivity contribution is 8.01. The van der Waals surface area contributed by atoms with Gasteiger partial charge in [0, 0.05) is 12.1 Å². The van der Waals surface area contributed by atoms with Crippen LogP contribution in [0.2, 0.25) is 0 Å². The van der Waals surface area contributed by atoms with Crippen LogP contribution in [0.4, 0.5) is 5.69 Å². The van der Waals surface area contributed by atoms with E-state index >= 15 is 0 Å². The molecule has 7 nitrogen and oxygen atoms in total. The summed E-state index contributed by atoms with van der Waals surface area (Å²) in [5, 5.41) is 16.1. The Bertz CT molecular complexity index is 1170. The van der Waals surface area contributed by atoms with Crippen LogP contribution < -0.4 is 11.1 Å². The number of anilines is 1. The third-order valence-corrected chi connectivity index (χ3v) is 6.70. The Morgan fingerprint density at radius 1 is 1.20 bits per heavy atom. The molecule has 154 valence electrons. The number of hydrogen-bond acceptors (Lipinski definition) is 6. The summed E-state index contributed by atoms with van der Waals surface area (Å²) in [4.78, 5) is 13.1. The maximum Gasteiger partial charge on any atom is 0.235 e. The number of amides is 1. The van der Waals surface area contributed by atoms with Crippen LogP contribution in [0.5, 0.6) is 0 Å². The van der Waals surface area contributed by atoms with E-state index in [2.05, 4.69) is 44.5 Å². The van der Waals surface area contributed by atoms with Gasteiger partial charge in [-0.1, -0.05) is 71.1 Å². The fourth-order valence-corrected chi connectivity index (χ4v) is 4.87. The van der Waals surface area contributed by atoms with E-state index in [0.29, 0.717) is 4.96 Å². The Kier molecular flexibility index (Phi) is 6.12. The third kappa shape index (κ3) is 4.69. The Balaban J connectivity index is 1.40. The highest BCUT2D eigenvalue weighted by Crippen LogP contribution is 2.26. The lowest BCUT2D eigenvalue weighted by Gasteiger charge is -2.08. The number of carbonyl (C=O) groups excluding carboxylic acids is 1. The lowest BCUT2D eigenvalue weighted by Crippen LogP contribution is -2.55. The number of rotatable bonds is 7. The fraction of sp³-hybridized carbons (Fsp3) is 0.238. The second-order valence-corrected chi connectivity index (χ2v) is 9.34. The molecule has 4 aromatic rings. The van der Waals surface area contributed by atoms with Crippen LogP contribution in [0.3, 0.4) is 0 Å². The van der Waals surface area contributed by atoms with Gasteiger partial charge in [-0.05, 0) is 31.0 Å². The van der Waals surface area contributed by atoms with Crippen molar-refractivity contribution in [3.05, 3.63) is 71.0 Å². The van der Waals surface area contributed by atoms with E-state index in [-0.39, 0.29) is 17.7 Å². The Labute approximate surface area is 182 Å². The van der Waals surface area contributed by atoms with Crippen LogP contribution in [0, 0.1) is 13.8 Å². The quantitative estimate of drug-likeness (QED) is 0.431. The molecule has 9 heteroatoms. The van der Waals surface area contributed by atoms with Gasteiger partial charge in [-0.15, -0.1) is 15.3 Å². The normalized spacial score (nSPS) is 12.2. The smallest absolute Gasteiger partial charge is 0.235 e. The molecule has 1 atom stereocenters. The largest absolute Gasteiger partial charge is 0.348 e. The summed E-state index contributed by atoms with van der Waals surface area (Å²) in [6.07, 6.45) is 0.764. The lowest BCUT2D eigenvalue weighted by molar-refractivity contribution is -0.428. The molecule has 1 amide bonds. The summed E-state index contributed by atoms with van der Waals surface area (Å²) in [5.74, 6) is 0.957.